The molecule has 1 fully saturated rings. The highest BCUT2D eigenvalue weighted by atomic mass is 16.2. The Kier molecular flexibility index (Phi) is 5.48. The van der Waals surface area contributed by atoms with Crippen molar-refractivity contribution in [2.75, 3.05) is 6.54 Å². The molecule has 3 aromatic rings. The minimum absolute atomic E-state index is 0.0449. The highest BCUT2D eigenvalue weighted by Gasteiger charge is 2.31. The molecule has 0 aliphatic carbocycles. The zero-order chi connectivity index (χ0) is 19.3. The van der Waals surface area contributed by atoms with Gasteiger partial charge in [0.1, 0.15) is 12.7 Å². The van der Waals surface area contributed by atoms with Crippen LogP contribution in [0.1, 0.15) is 36.9 Å². The van der Waals surface area contributed by atoms with E-state index in [-0.39, 0.29) is 18.0 Å². The average Bonchev–Trinajstić information content (AvgIpc) is 3.41. The maximum absolute atomic E-state index is 12.9. The Morgan fingerprint density at radius 2 is 1.96 bits per heavy atom. The molecule has 6 heteroatoms. The molecule has 1 aromatic heterocycles. The van der Waals surface area contributed by atoms with Gasteiger partial charge in [0.2, 0.25) is 5.91 Å². The quantitative estimate of drug-likeness (QED) is 0.719. The van der Waals surface area contributed by atoms with E-state index < -0.39 is 0 Å². The molecule has 2 heterocycles. The lowest BCUT2D eigenvalue weighted by Gasteiger charge is -2.25. The number of nitrogens with one attached hydrogen (secondary N) is 1. The summed E-state index contributed by atoms with van der Waals surface area (Å²) in [6, 6.07) is 18.3. The smallest absolute Gasteiger partial charge is 0.237 e. The van der Waals surface area contributed by atoms with Gasteiger partial charge in [0.15, 0.2) is 0 Å². The minimum atomic E-state index is -0.0583. The summed E-state index contributed by atoms with van der Waals surface area (Å²) in [6.45, 7) is 3.81. The number of hydrogen-bond donors (Lipinski definition) is 1. The number of likely N-dealkylation sites (tertiary alicyclic amines) is 1. The Morgan fingerprint density at radius 1 is 1.18 bits per heavy atom. The topological polar surface area (TPSA) is 63.1 Å². The van der Waals surface area contributed by atoms with E-state index in [1.807, 2.05) is 49.4 Å². The van der Waals surface area contributed by atoms with E-state index in [1.54, 1.807) is 11.0 Å². The van der Waals surface area contributed by atoms with Crippen LogP contribution in [0.2, 0.25) is 0 Å². The Labute approximate surface area is 165 Å². The average molecular weight is 375 g/mol. The first-order valence-corrected chi connectivity index (χ1v) is 9.74. The van der Waals surface area contributed by atoms with E-state index in [4.69, 9.17) is 0 Å². The molecule has 2 atom stereocenters. The van der Waals surface area contributed by atoms with E-state index >= 15 is 0 Å². The van der Waals surface area contributed by atoms with Gasteiger partial charge in [0, 0.05) is 6.54 Å². The standard InChI is InChI=1S/C22H25N5O/c1-17(19-9-11-20(12-10-19)27-16-23-15-24-27)25-22(28)21-8-5-13-26(21)14-18-6-3-2-4-7-18/h2-4,6-7,9-12,15-17,21H,5,8,13-14H2,1H3,(H,25,28). The number of aromatic nitrogens is 3. The number of hydrogen-bond acceptors (Lipinski definition) is 4. The summed E-state index contributed by atoms with van der Waals surface area (Å²) in [7, 11) is 0. The fourth-order valence-corrected chi connectivity index (χ4v) is 3.78. The summed E-state index contributed by atoms with van der Waals surface area (Å²) in [4.78, 5) is 19.2. The van der Waals surface area contributed by atoms with Crippen molar-refractivity contribution in [3.63, 3.8) is 0 Å². The third-order valence-electron chi connectivity index (χ3n) is 5.33. The molecule has 0 bridgehead atoms. The van der Waals surface area contributed by atoms with Crippen LogP contribution in [0.4, 0.5) is 0 Å². The number of amides is 1. The van der Waals surface area contributed by atoms with Gasteiger partial charge in [-0.1, -0.05) is 42.5 Å². The van der Waals surface area contributed by atoms with Crippen LogP contribution in [0.3, 0.4) is 0 Å². The van der Waals surface area contributed by atoms with Crippen molar-refractivity contribution in [3.8, 4) is 5.69 Å². The van der Waals surface area contributed by atoms with Crippen molar-refractivity contribution >= 4 is 5.91 Å². The summed E-state index contributed by atoms with van der Waals surface area (Å²) in [5.41, 5.74) is 3.27. The molecule has 1 N–H and O–H groups in total. The molecule has 0 saturated carbocycles. The lowest BCUT2D eigenvalue weighted by molar-refractivity contribution is -0.126. The van der Waals surface area contributed by atoms with E-state index in [1.165, 1.54) is 11.9 Å². The van der Waals surface area contributed by atoms with Crippen LogP contribution >= 0.6 is 0 Å². The summed E-state index contributed by atoms with van der Waals surface area (Å²) in [5.74, 6) is 0.112. The van der Waals surface area contributed by atoms with Crippen molar-refractivity contribution in [2.45, 2.75) is 38.4 Å². The van der Waals surface area contributed by atoms with Gasteiger partial charge >= 0.3 is 0 Å². The fraction of sp³-hybridized carbons (Fsp3) is 0.318. The van der Waals surface area contributed by atoms with Crippen LogP contribution in [0, 0.1) is 0 Å². The highest BCUT2D eigenvalue weighted by Crippen LogP contribution is 2.22. The molecule has 28 heavy (non-hydrogen) atoms. The minimum Gasteiger partial charge on any atom is -0.348 e. The Balaban J connectivity index is 1.38. The molecule has 1 amide bonds. The normalized spacial score (nSPS) is 18.1. The summed E-state index contributed by atoms with van der Waals surface area (Å²) < 4.78 is 1.72. The molecular weight excluding hydrogens is 350 g/mol. The van der Waals surface area contributed by atoms with Crippen LogP contribution in [0.25, 0.3) is 5.69 Å². The molecular formula is C22H25N5O. The van der Waals surface area contributed by atoms with Gasteiger partial charge in [0.25, 0.3) is 0 Å². The van der Waals surface area contributed by atoms with Crippen LogP contribution < -0.4 is 5.32 Å². The highest BCUT2D eigenvalue weighted by molar-refractivity contribution is 5.82. The Morgan fingerprint density at radius 3 is 2.68 bits per heavy atom. The largest absolute Gasteiger partial charge is 0.348 e. The van der Waals surface area contributed by atoms with E-state index in [2.05, 4.69) is 32.4 Å². The molecule has 144 valence electrons. The van der Waals surface area contributed by atoms with Crippen molar-refractivity contribution < 1.29 is 4.79 Å². The van der Waals surface area contributed by atoms with Gasteiger partial charge in [-0.25, -0.2) is 9.67 Å². The fourth-order valence-electron chi connectivity index (χ4n) is 3.78. The number of benzene rings is 2. The number of nitrogens with zero attached hydrogens (tertiary/aromatic N) is 4. The van der Waals surface area contributed by atoms with Crippen molar-refractivity contribution in [2.24, 2.45) is 0 Å². The van der Waals surface area contributed by atoms with Crippen molar-refractivity contribution in [1.82, 2.24) is 25.0 Å². The van der Waals surface area contributed by atoms with E-state index in [9.17, 15) is 4.79 Å². The zero-order valence-corrected chi connectivity index (χ0v) is 16.0. The maximum Gasteiger partial charge on any atom is 0.237 e. The summed E-state index contributed by atoms with van der Waals surface area (Å²) in [5, 5.41) is 7.33. The molecule has 1 aliphatic heterocycles. The molecule has 1 aliphatic rings. The zero-order valence-electron chi connectivity index (χ0n) is 16.0. The molecule has 0 spiro atoms. The molecule has 2 unspecified atom stereocenters. The number of carbonyl (C=O) groups excluding carboxylic acids is 1. The molecule has 4 rings (SSSR count). The number of carbonyl (C=O) groups is 1. The van der Waals surface area contributed by atoms with Gasteiger partial charge in [0.05, 0.1) is 17.8 Å². The van der Waals surface area contributed by atoms with Crippen LogP contribution in [0.5, 0.6) is 0 Å². The van der Waals surface area contributed by atoms with Gasteiger partial charge in [-0.2, -0.15) is 5.10 Å². The van der Waals surface area contributed by atoms with Crippen LogP contribution in [-0.2, 0) is 11.3 Å². The number of rotatable bonds is 6. The Hall–Kier alpha value is -2.99. The van der Waals surface area contributed by atoms with Gasteiger partial charge in [-0.3, -0.25) is 9.69 Å². The van der Waals surface area contributed by atoms with Gasteiger partial charge in [-0.05, 0) is 49.6 Å². The molecule has 0 radical (unpaired) electrons. The first-order chi connectivity index (χ1) is 13.7. The molecule has 1 saturated heterocycles. The van der Waals surface area contributed by atoms with E-state index in [0.717, 1.165) is 37.2 Å². The van der Waals surface area contributed by atoms with Crippen LogP contribution in [0.15, 0.2) is 67.3 Å². The lowest BCUT2D eigenvalue weighted by atomic mass is 10.1. The second-order valence-corrected chi connectivity index (χ2v) is 7.28. The van der Waals surface area contributed by atoms with Crippen molar-refractivity contribution in [1.29, 1.82) is 0 Å². The third-order valence-corrected chi connectivity index (χ3v) is 5.33. The lowest BCUT2D eigenvalue weighted by Crippen LogP contribution is -2.43. The Bertz CT molecular complexity index is 892. The summed E-state index contributed by atoms with van der Waals surface area (Å²) >= 11 is 0. The predicted octanol–water partition coefficient (Wildman–Crippen LogP) is 3.11. The van der Waals surface area contributed by atoms with Gasteiger partial charge < -0.3 is 5.32 Å². The first kappa shape index (κ1) is 18.4. The second kappa shape index (κ2) is 8.35. The molecule has 6 nitrogen and oxygen atoms in total. The van der Waals surface area contributed by atoms with Crippen LogP contribution in [-0.4, -0.2) is 38.2 Å². The predicted molar refractivity (Wildman–Crippen MR) is 108 cm³/mol. The molecule has 2 aromatic carbocycles. The first-order valence-electron chi connectivity index (χ1n) is 9.74. The van der Waals surface area contributed by atoms with Gasteiger partial charge in [-0.15, -0.1) is 0 Å². The summed E-state index contributed by atoms with van der Waals surface area (Å²) in [6.07, 6.45) is 5.16. The SMILES string of the molecule is CC(NC(=O)C1CCCN1Cc1ccccc1)c1ccc(-n2cncn2)cc1. The van der Waals surface area contributed by atoms with Crippen molar-refractivity contribution in [3.05, 3.63) is 78.4 Å². The second-order valence-electron chi connectivity index (χ2n) is 7.28. The monoisotopic (exact) mass is 375 g/mol. The maximum atomic E-state index is 12.9. The third kappa shape index (κ3) is 4.12. The van der Waals surface area contributed by atoms with E-state index in [0.29, 0.717) is 0 Å².